The Bertz CT molecular complexity index is 828. The van der Waals surface area contributed by atoms with E-state index in [4.69, 9.17) is 0 Å². The number of aryl methyl sites for hydroxylation is 1. The van der Waals surface area contributed by atoms with Crippen LogP contribution in [0.4, 0.5) is 15.8 Å². The van der Waals surface area contributed by atoms with Crippen molar-refractivity contribution in [3.05, 3.63) is 52.2 Å². The van der Waals surface area contributed by atoms with Crippen molar-refractivity contribution < 1.29 is 9.18 Å². The molecule has 1 aliphatic heterocycles. The van der Waals surface area contributed by atoms with Gasteiger partial charge in [0.05, 0.1) is 11.9 Å². The summed E-state index contributed by atoms with van der Waals surface area (Å²) in [6.07, 6.45) is 5.07. The Morgan fingerprint density at radius 3 is 2.68 bits per heavy atom. The fourth-order valence-electron chi connectivity index (χ4n) is 2.93. The second-order valence-electron chi connectivity index (χ2n) is 6.27. The molecular weight excluding hydrogens is 323 g/mol. The Morgan fingerprint density at radius 2 is 2.00 bits per heavy atom. The van der Waals surface area contributed by atoms with Crippen molar-refractivity contribution in [1.82, 2.24) is 9.78 Å². The first kappa shape index (κ1) is 17.1. The molecule has 1 saturated heterocycles. The number of hydrogen-bond donors (Lipinski definition) is 1. The van der Waals surface area contributed by atoms with E-state index in [1.165, 1.54) is 24.6 Å². The molecule has 0 atom stereocenters. The highest BCUT2D eigenvalue weighted by molar-refractivity contribution is 5.90. The summed E-state index contributed by atoms with van der Waals surface area (Å²) >= 11 is 0. The number of carbonyl (C=O) groups excluding carboxylic acids is 1. The van der Waals surface area contributed by atoms with Crippen molar-refractivity contribution in [3.63, 3.8) is 0 Å². The van der Waals surface area contributed by atoms with Crippen LogP contribution >= 0.6 is 0 Å². The van der Waals surface area contributed by atoms with E-state index in [9.17, 15) is 14.0 Å². The number of anilines is 2. The van der Waals surface area contributed by atoms with Crippen LogP contribution < -0.4 is 15.8 Å². The second-order valence-corrected chi connectivity index (χ2v) is 6.27. The average molecular weight is 344 g/mol. The first-order chi connectivity index (χ1) is 12.0. The van der Waals surface area contributed by atoms with Crippen LogP contribution in [0.15, 0.2) is 35.3 Å². The Labute approximate surface area is 145 Å². The molecule has 1 aliphatic rings. The molecular formula is C18H21FN4O2. The van der Waals surface area contributed by atoms with Gasteiger partial charge < -0.3 is 10.2 Å². The Kier molecular flexibility index (Phi) is 5.11. The van der Waals surface area contributed by atoms with Crippen LogP contribution in [-0.2, 0) is 11.3 Å². The highest BCUT2D eigenvalue weighted by Crippen LogP contribution is 2.17. The first-order valence-corrected chi connectivity index (χ1v) is 8.41. The number of rotatable bonds is 4. The molecule has 0 bridgehead atoms. The zero-order chi connectivity index (χ0) is 17.8. The van der Waals surface area contributed by atoms with Gasteiger partial charge in [0.2, 0.25) is 5.91 Å². The summed E-state index contributed by atoms with van der Waals surface area (Å²) in [6.45, 7) is 3.29. The van der Waals surface area contributed by atoms with E-state index in [1.807, 2.05) is 0 Å². The van der Waals surface area contributed by atoms with Gasteiger partial charge in [-0.2, -0.15) is 5.10 Å². The SMILES string of the molecule is Cc1cc(NC(=O)Cn2ncc(N3CCCCC3)cc2=O)ccc1F. The number of nitrogens with one attached hydrogen (secondary N) is 1. The van der Waals surface area contributed by atoms with Gasteiger partial charge in [-0.25, -0.2) is 9.07 Å². The normalized spacial score (nSPS) is 14.4. The van der Waals surface area contributed by atoms with Gasteiger partial charge in [-0.3, -0.25) is 9.59 Å². The van der Waals surface area contributed by atoms with Crippen molar-refractivity contribution in [2.45, 2.75) is 32.7 Å². The predicted octanol–water partition coefficient (Wildman–Crippen LogP) is 2.32. The smallest absolute Gasteiger partial charge is 0.269 e. The minimum atomic E-state index is -0.383. The summed E-state index contributed by atoms with van der Waals surface area (Å²) in [5.74, 6) is -0.712. The van der Waals surface area contributed by atoms with Gasteiger partial charge in [0.15, 0.2) is 0 Å². The van der Waals surface area contributed by atoms with E-state index in [2.05, 4.69) is 15.3 Å². The Morgan fingerprint density at radius 1 is 1.24 bits per heavy atom. The lowest BCUT2D eigenvalue weighted by Crippen LogP contribution is -2.33. The molecule has 0 spiro atoms. The number of amides is 1. The minimum absolute atomic E-state index is 0.185. The quantitative estimate of drug-likeness (QED) is 0.924. The number of hydrogen-bond acceptors (Lipinski definition) is 4. The van der Waals surface area contributed by atoms with E-state index in [0.29, 0.717) is 11.3 Å². The fraction of sp³-hybridized carbons (Fsp3) is 0.389. The maximum Gasteiger partial charge on any atom is 0.269 e. The summed E-state index contributed by atoms with van der Waals surface area (Å²) in [6, 6.07) is 5.84. The highest BCUT2D eigenvalue weighted by atomic mass is 19.1. The molecule has 1 amide bonds. The molecule has 2 heterocycles. The zero-order valence-corrected chi connectivity index (χ0v) is 14.2. The Balaban J connectivity index is 1.66. The van der Waals surface area contributed by atoms with Gasteiger partial charge in [0.1, 0.15) is 12.4 Å². The lowest BCUT2D eigenvalue weighted by Gasteiger charge is -2.28. The van der Waals surface area contributed by atoms with Crippen LogP contribution in [0.3, 0.4) is 0 Å². The molecule has 0 unspecified atom stereocenters. The molecule has 2 aromatic rings. The molecule has 1 fully saturated rings. The van der Waals surface area contributed by atoms with Crippen molar-refractivity contribution in [1.29, 1.82) is 0 Å². The van der Waals surface area contributed by atoms with Crippen LogP contribution in [0.1, 0.15) is 24.8 Å². The van der Waals surface area contributed by atoms with E-state index < -0.39 is 0 Å². The summed E-state index contributed by atoms with van der Waals surface area (Å²) in [5.41, 5.74) is 1.42. The third-order valence-electron chi connectivity index (χ3n) is 4.31. The fourth-order valence-corrected chi connectivity index (χ4v) is 2.93. The van der Waals surface area contributed by atoms with Gasteiger partial charge in [-0.05, 0) is 49.9 Å². The van der Waals surface area contributed by atoms with Crippen LogP contribution in [0.25, 0.3) is 0 Å². The number of carbonyl (C=O) groups is 1. The molecule has 1 aromatic carbocycles. The maximum absolute atomic E-state index is 13.3. The summed E-state index contributed by atoms with van der Waals surface area (Å²) < 4.78 is 14.4. The van der Waals surface area contributed by atoms with Gasteiger partial charge in [-0.15, -0.1) is 0 Å². The molecule has 7 heteroatoms. The predicted molar refractivity (Wildman–Crippen MR) is 94.3 cm³/mol. The Hall–Kier alpha value is -2.70. The second kappa shape index (κ2) is 7.46. The largest absolute Gasteiger partial charge is 0.370 e. The monoisotopic (exact) mass is 344 g/mol. The summed E-state index contributed by atoms with van der Waals surface area (Å²) in [7, 11) is 0. The van der Waals surface area contributed by atoms with Crippen molar-refractivity contribution in [2.75, 3.05) is 23.3 Å². The molecule has 1 aromatic heterocycles. The summed E-state index contributed by atoms with van der Waals surface area (Å²) in [5, 5.41) is 6.76. The molecule has 6 nitrogen and oxygen atoms in total. The molecule has 132 valence electrons. The van der Waals surface area contributed by atoms with E-state index in [1.54, 1.807) is 19.2 Å². The molecule has 0 saturated carbocycles. The maximum atomic E-state index is 13.3. The standard InChI is InChI=1S/C18H21FN4O2/c1-13-9-14(5-6-16(13)19)21-17(24)12-23-18(25)10-15(11-20-23)22-7-3-2-4-8-22/h5-6,9-11H,2-4,7-8,12H2,1H3,(H,21,24). The van der Waals surface area contributed by atoms with E-state index in [-0.39, 0.29) is 23.8 Å². The number of aromatic nitrogens is 2. The van der Waals surface area contributed by atoms with E-state index in [0.717, 1.165) is 36.3 Å². The topological polar surface area (TPSA) is 67.2 Å². The van der Waals surface area contributed by atoms with Gasteiger partial charge in [0.25, 0.3) is 5.56 Å². The van der Waals surface area contributed by atoms with Crippen LogP contribution in [0.2, 0.25) is 0 Å². The molecule has 0 aliphatic carbocycles. The first-order valence-electron chi connectivity index (χ1n) is 8.41. The number of piperidine rings is 1. The summed E-state index contributed by atoms with van der Waals surface area (Å²) in [4.78, 5) is 26.5. The van der Waals surface area contributed by atoms with Crippen molar-refractivity contribution in [2.24, 2.45) is 0 Å². The van der Waals surface area contributed by atoms with Gasteiger partial charge in [-0.1, -0.05) is 0 Å². The van der Waals surface area contributed by atoms with Gasteiger partial charge in [0, 0.05) is 24.8 Å². The lowest BCUT2D eigenvalue weighted by molar-refractivity contribution is -0.117. The van der Waals surface area contributed by atoms with Gasteiger partial charge >= 0.3 is 0 Å². The highest BCUT2D eigenvalue weighted by Gasteiger charge is 2.13. The third kappa shape index (κ3) is 4.23. The number of benzene rings is 1. The average Bonchev–Trinajstić information content (AvgIpc) is 2.61. The molecule has 25 heavy (non-hydrogen) atoms. The minimum Gasteiger partial charge on any atom is -0.370 e. The third-order valence-corrected chi connectivity index (χ3v) is 4.31. The lowest BCUT2D eigenvalue weighted by atomic mass is 10.1. The zero-order valence-electron chi connectivity index (χ0n) is 14.2. The van der Waals surface area contributed by atoms with E-state index >= 15 is 0 Å². The van der Waals surface area contributed by atoms with Crippen LogP contribution in [0, 0.1) is 12.7 Å². The molecule has 0 radical (unpaired) electrons. The van der Waals surface area contributed by atoms with Crippen molar-refractivity contribution in [3.8, 4) is 0 Å². The van der Waals surface area contributed by atoms with Crippen LogP contribution in [-0.4, -0.2) is 28.8 Å². The van der Waals surface area contributed by atoms with Crippen molar-refractivity contribution >= 4 is 17.3 Å². The molecule has 3 rings (SSSR count). The molecule has 1 N–H and O–H groups in total. The number of halogens is 1. The van der Waals surface area contributed by atoms with Crippen LogP contribution in [0.5, 0.6) is 0 Å². The number of nitrogens with zero attached hydrogens (tertiary/aromatic N) is 3.